The Morgan fingerprint density at radius 2 is 2.00 bits per heavy atom. The first-order valence-corrected chi connectivity index (χ1v) is 7.31. The van der Waals surface area contributed by atoms with E-state index in [1.807, 2.05) is 0 Å². The van der Waals surface area contributed by atoms with Crippen molar-refractivity contribution >= 4 is 5.91 Å². The summed E-state index contributed by atoms with van der Waals surface area (Å²) >= 11 is 0. The first kappa shape index (κ1) is 17.9. The van der Waals surface area contributed by atoms with E-state index in [4.69, 9.17) is 4.42 Å². The predicted octanol–water partition coefficient (Wildman–Crippen LogP) is 3.14. The highest BCUT2D eigenvalue weighted by Crippen LogP contribution is 2.26. The smallest absolute Gasteiger partial charge is 0.387 e. The number of carbonyl (C=O) groups is 1. The van der Waals surface area contributed by atoms with Crippen molar-refractivity contribution < 1.29 is 27.8 Å². The van der Waals surface area contributed by atoms with Crippen molar-refractivity contribution in [2.75, 3.05) is 6.54 Å². The highest BCUT2D eigenvalue weighted by Gasteiger charge is 2.27. The molecule has 130 valence electrons. The van der Waals surface area contributed by atoms with Crippen LogP contribution in [0.2, 0.25) is 0 Å². The van der Waals surface area contributed by atoms with Crippen LogP contribution < -0.4 is 10.1 Å². The minimum absolute atomic E-state index is 0.0594. The van der Waals surface area contributed by atoms with E-state index in [2.05, 4.69) is 10.1 Å². The van der Waals surface area contributed by atoms with Crippen LogP contribution in [0.1, 0.15) is 34.2 Å². The van der Waals surface area contributed by atoms with E-state index in [0.717, 1.165) is 0 Å². The minimum atomic E-state index is -2.93. The molecule has 0 radical (unpaired) electrons. The summed E-state index contributed by atoms with van der Waals surface area (Å²) in [5.74, 6) is -0.0448. The number of rotatable bonds is 6. The third-order valence-electron chi connectivity index (χ3n) is 3.57. The van der Waals surface area contributed by atoms with Gasteiger partial charge in [-0.2, -0.15) is 8.78 Å². The molecule has 0 aliphatic heterocycles. The summed E-state index contributed by atoms with van der Waals surface area (Å²) < 4.78 is 34.4. The van der Waals surface area contributed by atoms with Crippen LogP contribution in [0.25, 0.3) is 0 Å². The molecule has 1 aromatic heterocycles. The van der Waals surface area contributed by atoms with Gasteiger partial charge in [-0.3, -0.25) is 4.79 Å². The van der Waals surface area contributed by atoms with Gasteiger partial charge in [0.05, 0.1) is 12.8 Å². The van der Waals surface area contributed by atoms with Crippen LogP contribution in [0.4, 0.5) is 8.78 Å². The number of hydrogen-bond acceptors (Lipinski definition) is 4. The highest BCUT2D eigenvalue weighted by atomic mass is 19.3. The van der Waals surface area contributed by atoms with Gasteiger partial charge in [-0.15, -0.1) is 0 Å². The Morgan fingerprint density at radius 1 is 1.38 bits per heavy atom. The summed E-state index contributed by atoms with van der Waals surface area (Å²) in [4.78, 5) is 12.3. The zero-order chi connectivity index (χ0) is 17.9. The quantitative estimate of drug-likeness (QED) is 0.848. The van der Waals surface area contributed by atoms with Gasteiger partial charge in [-0.25, -0.2) is 0 Å². The van der Waals surface area contributed by atoms with Gasteiger partial charge < -0.3 is 19.6 Å². The summed E-state index contributed by atoms with van der Waals surface area (Å²) in [5.41, 5.74) is -0.208. The van der Waals surface area contributed by atoms with Gasteiger partial charge in [0.2, 0.25) is 0 Å². The van der Waals surface area contributed by atoms with E-state index in [0.29, 0.717) is 22.5 Å². The van der Waals surface area contributed by atoms with E-state index in [1.165, 1.54) is 25.3 Å². The molecule has 1 atom stereocenters. The van der Waals surface area contributed by atoms with E-state index in [-0.39, 0.29) is 12.3 Å². The molecule has 24 heavy (non-hydrogen) atoms. The number of benzene rings is 1. The lowest BCUT2D eigenvalue weighted by molar-refractivity contribution is -0.0507. The maximum absolute atomic E-state index is 12.4. The maximum atomic E-state index is 12.4. The Kier molecular flexibility index (Phi) is 5.23. The Bertz CT molecular complexity index is 688. The number of aryl methyl sites for hydroxylation is 2. The molecule has 5 nitrogen and oxygen atoms in total. The SMILES string of the molecule is Cc1cc(C(=O)NCC(C)(O)c2ccco2)cc(C)c1OC(F)F. The molecule has 1 unspecified atom stereocenters. The number of amides is 1. The van der Waals surface area contributed by atoms with Crippen LogP contribution in [0, 0.1) is 13.8 Å². The van der Waals surface area contributed by atoms with Crippen LogP contribution in [-0.4, -0.2) is 24.2 Å². The number of hydrogen-bond donors (Lipinski definition) is 2. The molecule has 2 N–H and O–H groups in total. The van der Waals surface area contributed by atoms with Crippen LogP contribution in [0.3, 0.4) is 0 Å². The summed E-state index contributed by atoms with van der Waals surface area (Å²) in [6.45, 7) is 1.70. The molecule has 0 aliphatic rings. The van der Waals surface area contributed by atoms with Gasteiger partial charge in [0.25, 0.3) is 5.91 Å². The third-order valence-corrected chi connectivity index (χ3v) is 3.57. The molecule has 2 rings (SSSR count). The van der Waals surface area contributed by atoms with E-state index in [1.54, 1.807) is 26.0 Å². The van der Waals surface area contributed by atoms with Crippen LogP contribution in [-0.2, 0) is 5.60 Å². The first-order valence-electron chi connectivity index (χ1n) is 7.31. The zero-order valence-corrected chi connectivity index (χ0v) is 13.6. The van der Waals surface area contributed by atoms with E-state index >= 15 is 0 Å². The fourth-order valence-corrected chi connectivity index (χ4v) is 2.38. The van der Waals surface area contributed by atoms with Crippen molar-refractivity contribution in [3.8, 4) is 5.75 Å². The Hall–Kier alpha value is -2.41. The Balaban J connectivity index is 2.10. The van der Waals surface area contributed by atoms with E-state index < -0.39 is 18.1 Å². The minimum Gasteiger partial charge on any atom is -0.466 e. The van der Waals surface area contributed by atoms with Crippen molar-refractivity contribution in [2.45, 2.75) is 33.0 Å². The predicted molar refractivity (Wildman–Crippen MR) is 83.2 cm³/mol. The molecule has 1 heterocycles. The average Bonchev–Trinajstić information content (AvgIpc) is 3.03. The molecule has 0 fully saturated rings. The topological polar surface area (TPSA) is 71.7 Å². The molecule has 2 aromatic rings. The lowest BCUT2D eigenvalue weighted by Crippen LogP contribution is -2.38. The monoisotopic (exact) mass is 339 g/mol. The van der Waals surface area contributed by atoms with E-state index in [9.17, 15) is 18.7 Å². The van der Waals surface area contributed by atoms with Gasteiger partial charge >= 0.3 is 6.61 Å². The largest absolute Gasteiger partial charge is 0.466 e. The van der Waals surface area contributed by atoms with Gasteiger partial charge in [0, 0.05) is 5.56 Å². The van der Waals surface area contributed by atoms with Crippen LogP contribution in [0.15, 0.2) is 34.9 Å². The summed E-state index contributed by atoms with van der Waals surface area (Å²) in [5, 5.41) is 12.9. The molecule has 0 aliphatic carbocycles. The summed E-state index contributed by atoms with van der Waals surface area (Å²) in [7, 11) is 0. The highest BCUT2D eigenvalue weighted by molar-refractivity contribution is 5.95. The average molecular weight is 339 g/mol. The fourth-order valence-electron chi connectivity index (χ4n) is 2.38. The second-order valence-corrected chi connectivity index (χ2v) is 5.75. The normalized spacial score (nSPS) is 13.6. The van der Waals surface area contributed by atoms with Gasteiger partial charge in [-0.05, 0) is 56.2 Å². The van der Waals surface area contributed by atoms with Crippen molar-refractivity contribution in [2.24, 2.45) is 0 Å². The lowest BCUT2D eigenvalue weighted by Gasteiger charge is -2.21. The molecule has 0 saturated heterocycles. The molecule has 0 bridgehead atoms. The van der Waals surface area contributed by atoms with Crippen molar-refractivity contribution in [1.82, 2.24) is 5.32 Å². The van der Waals surface area contributed by atoms with Gasteiger partial charge in [-0.1, -0.05) is 0 Å². The lowest BCUT2D eigenvalue weighted by atomic mass is 10.0. The zero-order valence-electron chi connectivity index (χ0n) is 13.6. The molecule has 0 saturated carbocycles. The number of carbonyl (C=O) groups excluding carboxylic acids is 1. The Morgan fingerprint density at radius 3 is 2.50 bits per heavy atom. The van der Waals surface area contributed by atoms with Gasteiger partial charge in [0.15, 0.2) is 0 Å². The maximum Gasteiger partial charge on any atom is 0.387 e. The first-order chi connectivity index (χ1) is 11.2. The molecule has 1 aromatic carbocycles. The summed E-state index contributed by atoms with van der Waals surface area (Å²) in [6, 6.07) is 6.17. The second kappa shape index (κ2) is 7.00. The fraction of sp³-hybridized carbons (Fsp3) is 0.353. The number of furan rings is 1. The molecule has 1 amide bonds. The summed E-state index contributed by atoms with van der Waals surface area (Å²) in [6.07, 6.45) is 1.43. The van der Waals surface area contributed by atoms with Crippen molar-refractivity contribution in [3.05, 3.63) is 53.0 Å². The van der Waals surface area contributed by atoms with Crippen molar-refractivity contribution in [3.63, 3.8) is 0 Å². The second-order valence-electron chi connectivity index (χ2n) is 5.75. The standard InChI is InChI=1S/C17H19F2NO4/c1-10-7-12(8-11(2)14(10)24-16(18)19)15(21)20-9-17(3,22)13-5-4-6-23-13/h4-8,16,22H,9H2,1-3H3,(H,20,21). The van der Waals surface area contributed by atoms with Crippen LogP contribution >= 0.6 is 0 Å². The Labute approximate surface area is 138 Å². The van der Waals surface area contributed by atoms with Crippen LogP contribution in [0.5, 0.6) is 5.75 Å². The third kappa shape index (κ3) is 4.11. The molecular formula is C17H19F2NO4. The number of halogens is 2. The number of aliphatic hydroxyl groups is 1. The number of nitrogens with one attached hydrogen (secondary N) is 1. The number of ether oxygens (including phenoxy) is 1. The molecule has 0 spiro atoms. The molecular weight excluding hydrogens is 320 g/mol. The van der Waals surface area contributed by atoms with Crippen molar-refractivity contribution in [1.29, 1.82) is 0 Å². The van der Waals surface area contributed by atoms with Gasteiger partial charge in [0.1, 0.15) is 17.1 Å². The molecule has 7 heteroatoms. The number of alkyl halides is 2.